The van der Waals surface area contributed by atoms with Crippen LogP contribution >= 0.6 is 0 Å². The van der Waals surface area contributed by atoms with Crippen molar-refractivity contribution in [3.63, 3.8) is 0 Å². The summed E-state index contributed by atoms with van der Waals surface area (Å²) in [6.07, 6.45) is 3.14. The normalized spacial score (nSPS) is 41.2. The fraction of sp³-hybridized carbons (Fsp3) is 0.810. The first kappa shape index (κ1) is 45.2. The van der Waals surface area contributed by atoms with Gasteiger partial charge in [0.05, 0.1) is 30.5 Å². The maximum absolute atomic E-state index is 14.2. The Morgan fingerprint density at radius 3 is 2.18 bits per heavy atom. The lowest BCUT2D eigenvalue weighted by molar-refractivity contribution is -0.302. The number of carbonyl (C=O) groups is 4. The van der Waals surface area contributed by atoms with E-state index in [-0.39, 0.29) is 55.4 Å². The van der Waals surface area contributed by atoms with Crippen LogP contribution in [0.4, 0.5) is 0 Å². The number of methoxy groups -OCH3 is 3. The summed E-state index contributed by atoms with van der Waals surface area (Å²) in [5.74, 6) is -7.16. The molecule has 0 aromatic rings. The molecule has 14 atom stereocenters. The number of hydrogen-bond donors (Lipinski definition) is 3. The summed E-state index contributed by atoms with van der Waals surface area (Å²) in [6.45, 7) is 11.1. The van der Waals surface area contributed by atoms with Crippen LogP contribution in [0.3, 0.4) is 0 Å². The molecule has 2 saturated heterocycles. The van der Waals surface area contributed by atoms with Gasteiger partial charge in [0.2, 0.25) is 5.79 Å². The maximum atomic E-state index is 14.2. The maximum Gasteiger partial charge on any atom is 0.329 e. The number of fused-ring (bicyclic) bond motifs is 3. The summed E-state index contributed by atoms with van der Waals surface area (Å²) >= 11 is 0. The van der Waals surface area contributed by atoms with E-state index in [1.807, 2.05) is 26.0 Å². The number of Topliss-reactive ketones (excluding diaryl/α,β-unsaturated/α-hetero) is 2. The zero-order chi connectivity index (χ0) is 40.8. The minimum Gasteiger partial charge on any atom is -0.456 e. The van der Waals surface area contributed by atoms with Crippen LogP contribution in [-0.2, 0) is 42.9 Å². The van der Waals surface area contributed by atoms with Gasteiger partial charge >= 0.3 is 5.97 Å². The predicted octanol–water partition coefficient (Wildman–Crippen LogP) is 4.08. The van der Waals surface area contributed by atoms with Crippen molar-refractivity contribution < 1.29 is 58.2 Å². The molecule has 3 fully saturated rings. The summed E-state index contributed by atoms with van der Waals surface area (Å²) in [4.78, 5) is 57.3. The number of rotatable bonds is 5. The number of carbonyl (C=O) groups excluding carboxylic acids is 4. The standard InChI is InChI=1S/C42H67NO12/c1-23-16-24(2)18-35(52-8)38-36(53-9)20-27(5)42(50,55-38)39(47)40(48)43-15-11-10-12-30(43)41(49)54-37(28(6)33(46)22-32(45)25(3)17-23)26(4)19-29-13-14-31(44)34(21-29)51-7/h17,19,23-24,27-31,33-38,44,46,50H,10-16,18,20-22H2,1-9H3/t23?,24-,27+,28+,29-,30-,31+,33-,34+,35-,36-,37+,38?,42+/m0/s1. The van der Waals surface area contributed by atoms with Crippen molar-refractivity contribution in [1.29, 1.82) is 0 Å². The first-order valence-electron chi connectivity index (χ1n) is 20.3. The third-order valence-corrected chi connectivity index (χ3v) is 12.6. The number of nitrogens with zero attached hydrogens (tertiary/aromatic N) is 1. The molecule has 4 rings (SSSR count). The van der Waals surface area contributed by atoms with E-state index in [0.29, 0.717) is 56.1 Å². The van der Waals surface area contributed by atoms with Crippen molar-refractivity contribution in [3.05, 3.63) is 23.3 Å². The van der Waals surface area contributed by atoms with E-state index in [9.17, 15) is 34.5 Å². The van der Waals surface area contributed by atoms with Gasteiger partial charge in [-0.3, -0.25) is 14.4 Å². The number of amides is 1. The highest BCUT2D eigenvalue weighted by Gasteiger charge is 2.56. The zero-order valence-electron chi connectivity index (χ0n) is 34.4. The summed E-state index contributed by atoms with van der Waals surface area (Å²) in [7, 11) is 4.62. The molecule has 1 aliphatic carbocycles. The number of hydrogen-bond acceptors (Lipinski definition) is 12. The summed E-state index contributed by atoms with van der Waals surface area (Å²) in [6, 6.07) is -1.13. The molecule has 3 N–H and O–H groups in total. The molecule has 13 heteroatoms. The fourth-order valence-corrected chi connectivity index (χ4v) is 9.22. The molecule has 1 saturated carbocycles. The lowest BCUT2D eigenvalue weighted by atomic mass is 9.81. The predicted molar refractivity (Wildman–Crippen MR) is 203 cm³/mol. The van der Waals surface area contributed by atoms with Gasteiger partial charge in [0.25, 0.3) is 11.7 Å². The van der Waals surface area contributed by atoms with Gasteiger partial charge in [0.15, 0.2) is 5.78 Å². The Labute approximate surface area is 327 Å². The third kappa shape index (κ3) is 10.7. The topological polar surface area (TPSA) is 178 Å². The van der Waals surface area contributed by atoms with Gasteiger partial charge in [0, 0.05) is 46.1 Å². The molecule has 3 heterocycles. The van der Waals surface area contributed by atoms with Crippen LogP contribution in [0.5, 0.6) is 0 Å². The minimum absolute atomic E-state index is 0.0000630. The highest BCUT2D eigenvalue weighted by atomic mass is 16.7. The summed E-state index contributed by atoms with van der Waals surface area (Å²) in [5, 5.41) is 33.9. The van der Waals surface area contributed by atoms with Crippen LogP contribution in [0, 0.1) is 29.6 Å². The smallest absolute Gasteiger partial charge is 0.329 e. The monoisotopic (exact) mass is 777 g/mol. The van der Waals surface area contributed by atoms with Crippen LogP contribution < -0.4 is 0 Å². The molecule has 4 aliphatic rings. The molecule has 55 heavy (non-hydrogen) atoms. The molecule has 3 aliphatic heterocycles. The van der Waals surface area contributed by atoms with E-state index in [4.69, 9.17) is 23.7 Å². The number of cyclic esters (lactones) is 1. The van der Waals surface area contributed by atoms with Gasteiger partial charge in [-0.1, -0.05) is 39.8 Å². The van der Waals surface area contributed by atoms with Gasteiger partial charge in [-0.2, -0.15) is 0 Å². The molecule has 0 spiro atoms. The average Bonchev–Trinajstić information content (AvgIpc) is 3.15. The first-order chi connectivity index (χ1) is 25.9. The molecule has 0 aromatic heterocycles. The van der Waals surface area contributed by atoms with Crippen molar-refractivity contribution in [3.8, 4) is 0 Å². The summed E-state index contributed by atoms with van der Waals surface area (Å²) < 4.78 is 29.6. The minimum atomic E-state index is -2.50. The second kappa shape index (κ2) is 19.8. The van der Waals surface area contributed by atoms with Crippen molar-refractivity contribution in [1.82, 2.24) is 4.90 Å². The average molecular weight is 778 g/mol. The number of esters is 1. The number of aliphatic hydroxyl groups excluding tert-OH is 2. The van der Waals surface area contributed by atoms with Gasteiger partial charge < -0.3 is 43.9 Å². The number of piperidine rings is 1. The molecular formula is C42H67NO12. The Bertz CT molecular complexity index is 1410. The molecule has 0 radical (unpaired) electrons. The molecule has 13 nitrogen and oxygen atoms in total. The van der Waals surface area contributed by atoms with Crippen molar-refractivity contribution in [2.75, 3.05) is 27.9 Å². The van der Waals surface area contributed by atoms with Gasteiger partial charge in [-0.15, -0.1) is 0 Å². The van der Waals surface area contributed by atoms with Gasteiger partial charge in [-0.05, 0) is 101 Å². The van der Waals surface area contributed by atoms with Crippen molar-refractivity contribution in [2.24, 2.45) is 29.6 Å². The van der Waals surface area contributed by atoms with Crippen LogP contribution in [0.1, 0.15) is 106 Å². The summed E-state index contributed by atoms with van der Waals surface area (Å²) in [5.41, 5.74) is 1.18. The largest absolute Gasteiger partial charge is 0.456 e. The molecule has 2 bridgehead atoms. The Kier molecular flexibility index (Phi) is 16.2. The van der Waals surface area contributed by atoms with Crippen LogP contribution in [0.25, 0.3) is 0 Å². The molecule has 1 amide bonds. The highest BCUT2D eigenvalue weighted by molar-refractivity contribution is 6.39. The second-order valence-corrected chi connectivity index (χ2v) is 16.9. The van der Waals surface area contributed by atoms with Crippen molar-refractivity contribution in [2.45, 2.75) is 160 Å². The molecule has 0 aromatic carbocycles. The lowest BCUT2D eigenvalue weighted by Crippen LogP contribution is -2.64. The zero-order valence-corrected chi connectivity index (χ0v) is 34.4. The highest BCUT2D eigenvalue weighted by Crippen LogP contribution is 2.39. The quantitative estimate of drug-likeness (QED) is 0.207. The Morgan fingerprint density at radius 2 is 1.53 bits per heavy atom. The van der Waals surface area contributed by atoms with E-state index < -0.39 is 77.9 Å². The second-order valence-electron chi connectivity index (χ2n) is 16.9. The Morgan fingerprint density at radius 1 is 0.873 bits per heavy atom. The van der Waals surface area contributed by atoms with Crippen LogP contribution in [0.2, 0.25) is 0 Å². The third-order valence-electron chi connectivity index (χ3n) is 12.6. The number of aliphatic hydroxyl groups is 3. The number of ether oxygens (including phenoxy) is 5. The van der Waals surface area contributed by atoms with E-state index in [2.05, 4.69) is 6.92 Å². The van der Waals surface area contributed by atoms with Gasteiger partial charge in [0.1, 0.15) is 18.2 Å². The number of ketones is 2. The molecular weight excluding hydrogens is 710 g/mol. The van der Waals surface area contributed by atoms with E-state index >= 15 is 0 Å². The van der Waals surface area contributed by atoms with Gasteiger partial charge in [-0.25, -0.2) is 4.79 Å². The van der Waals surface area contributed by atoms with E-state index in [1.165, 1.54) is 19.1 Å². The molecule has 2 unspecified atom stereocenters. The Hall–Kier alpha value is -2.52. The van der Waals surface area contributed by atoms with E-state index in [1.54, 1.807) is 27.9 Å². The lowest BCUT2D eigenvalue weighted by Gasteiger charge is -2.47. The number of allylic oxidation sites excluding steroid dienone is 3. The first-order valence-corrected chi connectivity index (χ1v) is 20.3. The van der Waals surface area contributed by atoms with Crippen molar-refractivity contribution >= 4 is 23.4 Å². The molecule has 312 valence electrons. The van der Waals surface area contributed by atoms with Crippen LogP contribution in [-0.4, -0.2) is 126 Å². The van der Waals surface area contributed by atoms with E-state index in [0.717, 1.165) is 0 Å². The Balaban J connectivity index is 1.75. The fourth-order valence-electron chi connectivity index (χ4n) is 9.22. The van der Waals surface area contributed by atoms with Crippen LogP contribution in [0.15, 0.2) is 23.3 Å². The SMILES string of the molecule is CO[C@H]1C[C@@H](C)CC(C)C=C(C)C(=O)C[C@H](O)[C@@H](C)[C@@H](C(C)=C[C@@H]2CC[C@@H](O)[C@H](OC)C2)OC(=O)[C@@H]2CCCCN2C(=O)C(=O)[C@]2(O)OC1[C@@H](OC)C[C@H]2C.